The van der Waals surface area contributed by atoms with E-state index in [0.29, 0.717) is 0 Å². The molecule has 0 N–H and O–H groups in total. The largest absolute Gasteiger partial charge is 0.315 e. The summed E-state index contributed by atoms with van der Waals surface area (Å²) in [5.41, 5.74) is 12.7. The number of anilines is 2. The normalized spacial score (nSPS) is 16.6. The van der Waals surface area contributed by atoms with E-state index in [1.807, 2.05) is 0 Å². The first-order chi connectivity index (χ1) is 24.5. The summed E-state index contributed by atoms with van der Waals surface area (Å²) >= 11 is 0. The Labute approximate surface area is 291 Å². The molecule has 1 atom stereocenters. The van der Waals surface area contributed by atoms with Crippen LogP contribution in [0.15, 0.2) is 140 Å². The van der Waals surface area contributed by atoms with E-state index in [2.05, 4.69) is 164 Å². The van der Waals surface area contributed by atoms with Crippen LogP contribution >= 0.6 is 0 Å². The van der Waals surface area contributed by atoms with Gasteiger partial charge in [0, 0.05) is 27.5 Å². The molecule has 0 bridgehead atoms. The molecule has 50 heavy (non-hydrogen) atoms. The first-order valence-corrected chi connectivity index (χ1v) is 17.6. The van der Waals surface area contributed by atoms with Gasteiger partial charge in [0.15, 0.2) is 5.82 Å². The van der Waals surface area contributed by atoms with Crippen LogP contribution in [0, 0.1) is 0 Å². The molecular formula is C47H33N3. The molecule has 2 aliphatic carbocycles. The fourth-order valence-electron chi connectivity index (χ4n) is 9.01. The Bertz CT molecular complexity index is 2790. The number of hydrogen-bond donors (Lipinski definition) is 0. The highest BCUT2D eigenvalue weighted by atomic mass is 15.3. The molecule has 3 nitrogen and oxygen atoms in total. The Kier molecular flexibility index (Phi) is 5.57. The molecule has 3 aliphatic rings. The van der Waals surface area contributed by atoms with Crippen molar-refractivity contribution in [3.63, 3.8) is 0 Å². The summed E-state index contributed by atoms with van der Waals surface area (Å²) in [5, 5.41) is 7.41. The van der Waals surface area contributed by atoms with Gasteiger partial charge in [-0.2, -0.15) is 0 Å². The number of aromatic nitrogens is 2. The van der Waals surface area contributed by atoms with Gasteiger partial charge >= 0.3 is 0 Å². The third kappa shape index (κ3) is 3.75. The van der Waals surface area contributed by atoms with Crippen molar-refractivity contribution in [3.8, 4) is 22.5 Å². The van der Waals surface area contributed by atoms with Crippen molar-refractivity contribution < 1.29 is 0 Å². The van der Waals surface area contributed by atoms with Crippen molar-refractivity contribution in [1.29, 1.82) is 0 Å². The van der Waals surface area contributed by atoms with Gasteiger partial charge in [0.05, 0.1) is 23.1 Å². The molecule has 1 aromatic heterocycles. The highest BCUT2D eigenvalue weighted by Crippen LogP contribution is 2.55. The third-order valence-corrected chi connectivity index (χ3v) is 11.5. The van der Waals surface area contributed by atoms with E-state index in [9.17, 15) is 0 Å². The van der Waals surface area contributed by atoms with Crippen LogP contribution in [-0.2, 0) is 11.8 Å². The van der Waals surface area contributed by atoms with E-state index in [1.165, 1.54) is 71.4 Å². The molecule has 7 aromatic carbocycles. The van der Waals surface area contributed by atoms with Crippen LogP contribution in [0.25, 0.3) is 66.5 Å². The Morgan fingerprint density at radius 3 is 2.16 bits per heavy atom. The van der Waals surface area contributed by atoms with Crippen molar-refractivity contribution in [2.24, 2.45) is 0 Å². The Morgan fingerprint density at radius 2 is 1.28 bits per heavy atom. The number of hydrogen-bond acceptors (Lipinski definition) is 3. The minimum atomic E-state index is -0.287. The first kappa shape index (κ1) is 27.8. The molecule has 11 rings (SSSR count). The SMILES string of the molecule is CC1(C)c2ccccc2-c2nc(-c3ccc4ccc5ccccc5c4c3)c(N3c4c(ccc5ccccc45)C4=Cc5ccccc5CC43)nc21. The first-order valence-electron chi connectivity index (χ1n) is 17.6. The van der Waals surface area contributed by atoms with E-state index < -0.39 is 0 Å². The molecule has 0 amide bonds. The Balaban J connectivity index is 1.24. The van der Waals surface area contributed by atoms with Crippen molar-refractivity contribution in [1.82, 2.24) is 9.97 Å². The minimum Gasteiger partial charge on any atom is -0.315 e. The lowest BCUT2D eigenvalue weighted by Crippen LogP contribution is -2.33. The summed E-state index contributed by atoms with van der Waals surface area (Å²) < 4.78 is 0. The molecule has 3 heteroatoms. The van der Waals surface area contributed by atoms with E-state index >= 15 is 0 Å². The van der Waals surface area contributed by atoms with Crippen LogP contribution in [0.2, 0.25) is 0 Å². The van der Waals surface area contributed by atoms with E-state index in [1.54, 1.807) is 0 Å². The van der Waals surface area contributed by atoms with Crippen molar-refractivity contribution in [2.45, 2.75) is 31.7 Å². The predicted molar refractivity (Wildman–Crippen MR) is 208 cm³/mol. The van der Waals surface area contributed by atoms with Gasteiger partial charge in [-0.15, -0.1) is 0 Å². The lowest BCUT2D eigenvalue weighted by atomic mass is 9.85. The second kappa shape index (κ2) is 9.99. The lowest BCUT2D eigenvalue weighted by molar-refractivity contribution is 0.633. The predicted octanol–water partition coefficient (Wildman–Crippen LogP) is 11.5. The number of rotatable bonds is 2. The van der Waals surface area contributed by atoms with E-state index in [0.717, 1.165) is 34.9 Å². The van der Waals surface area contributed by atoms with E-state index in [4.69, 9.17) is 9.97 Å². The van der Waals surface area contributed by atoms with Crippen LogP contribution in [0.1, 0.15) is 41.8 Å². The molecule has 0 fully saturated rings. The molecule has 0 spiro atoms. The van der Waals surface area contributed by atoms with Gasteiger partial charge in [0.2, 0.25) is 0 Å². The van der Waals surface area contributed by atoms with Crippen molar-refractivity contribution >= 4 is 55.5 Å². The quantitative estimate of drug-likeness (QED) is 0.176. The second-order valence-electron chi connectivity index (χ2n) is 14.6. The average Bonchev–Trinajstić information content (AvgIpc) is 3.60. The van der Waals surface area contributed by atoms with Crippen LogP contribution in [0.5, 0.6) is 0 Å². The van der Waals surface area contributed by atoms with Crippen LogP contribution < -0.4 is 4.90 Å². The molecule has 0 saturated carbocycles. The van der Waals surface area contributed by atoms with Gasteiger partial charge in [-0.1, -0.05) is 147 Å². The van der Waals surface area contributed by atoms with Gasteiger partial charge in [0.25, 0.3) is 0 Å². The summed E-state index contributed by atoms with van der Waals surface area (Å²) in [4.78, 5) is 14.1. The summed E-state index contributed by atoms with van der Waals surface area (Å²) in [5.74, 6) is 0.926. The van der Waals surface area contributed by atoms with Gasteiger partial charge in [-0.05, 0) is 67.8 Å². The zero-order chi connectivity index (χ0) is 33.1. The average molecular weight is 640 g/mol. The van der Waals surface area contributed by atoms with Crippen LogP contribution in [-0.4, -0.2) is 16.0 Å². The lowest BCUT2D eigenvalue weighted by Gasteiger charge is -2.32. The Morgan fingerprint density at radius 1 is 0.600 bits per heavy atom. The van der Waals surface area contributed by atoms with Crippen molar-refractivity contribution in [2.75, 3.05) is 4.90 Å². The zero-order valence-corrected chi connectivity index (χ0v) is 28.0. The highest BCUT2D eigenvalue weighted by molar-refractivity contribution is 6.12. The van der Waals surface area contributed by atoms with Gasteiger partial charge in [-0.25, -0.2) is 9.97 Å². The molecular weight excluding hydrogens is 607 g/mol. The summed E-state index contributed by atoms with van der Waals surface area (Å²) in [6, 6.07) is 51.0. The maximum Gasteiger partial charge on any atom is 0.160 e. The monoisotopic (exact) mass is 639 g/mol. The molecule has 236 valence electrons. The van der Waals surface area contributed by atoms with Crippen LogP contribution in [0.4, 0.5) is 11.5 Å². The molecule has 0 radical (unpaired) electrons. The maximum atomic E-state index is 5.81. The number of fused-ring (bicyclic) bond motifs is 12. The van der Waals surface area contributed by atoms with Crippen LogP contribution in [0.3, 0.4) is 0 Å². The van der Waals surface area contributed by atoms with E-state index in [-0.39, 0.29) is 11.5 Å². The highest BCUT2D eigenvalue weighted by Gasteiger charge is 2.44. The fraction of sp³-hybridized carbons (Fsp3) is 0.106. The number of nitrogens with zero attached hydrogens (tertiary/aromatic N) is 3. The molecule has 2 heterocycles. The molecule has 0 saturated heterocycles. The molecule has 8 aromatic rings. The molecule has 1 unspecified atom stereocenters. The Hall–Kier alpha value is -6.06. The van der Waals surface area contributed by atoms with Gasteiger partial charge in [0.1, 0.15) is 5.69 Å². The topological polar surface area (TPSA) is 29.0 Å². The fourth-order valence-corrected chi connectivity index (χ4v) is 9.01. The third-order valence-electron chi connectivity index (χ3n) is 11.5. The standard InChI is InChI=1S/C47H33N3/c1-47(2)40-18-10-9-17-37(40)43-45(47)49-46(42(48-43)33-22-21-30-20-19-28-11-5-7-15-34(28)38(30)26-33)50-41-27-32-14-4-3-13-31(32)25-39(41)36-24-23-29-12-6-8-16-35(29)44(36)50/h3-26,41H,27H2,1-2H3. The summed E-state index contributed by atoms with van der Waals surface area (Å²) in [6.07, 6.45) is 3.31. The number of benzene rings is 7. The second-order valence-corrected chi connectivity index (χ2v) is 14.6. The maximum absolute atomic E-state index is 5.81. The summed E-state index contributed by atoms with van der Waals surface area (Å²) in [6.45, 7) is 4.60. The zero-order valence-electron chi connectivity index (χ0n) is 28.0. The summed E-state index contributed by atoms with van der Waals surface area (Å²) in [7, 11) is 0. The molecule has 1 aliphatic heterocycles. The van der Waals surface area contributed by atoms with Gasteiger partial charge < -0.3 is 4.90 Å². The van der Waals surface area contributed by atoms with Gasteiger partial charge in [-0.3, -0.25) is 0 Å². The smallest absolute Gasteiger partial charge is 0.160 e. The van der Waals surface area contributed by atoms with Crippen molar-refractivity contribution in [3.05, 3.63) is 167 Å². The minimum absolute atomic E-state index is 0.0879.